The lowest BCUT2D eigenvalue weighted by Gasteiger charge is -2.18. The zero-order valence-corrected chi connectivity index (χ0v) is 19.9. The summed E-state index contributed by atoms with van der Waals surface area (Å²) in [6.07, 6.45) is 1.05. The minimum atomic E-state index is 0.120. The van der Waals surface area contributed by atoms with E-state index in [0.717, 1.165) is 47.4 Å². The Bertz CT molecular complexity index is 1100. The third kappa shape index (κ3) is 5.54. The highest BCUT2D eigenvalue weighted by molar-refractivity contribution is 5.79. The fourth-order valence-corrected chi connectivity index (χ4v) is 4.03. The number of benzene rings is 2. The van der Waals surface area contributed by atoms with Gasteiger partial charge in [-0.25, -0.2) is 4.68 Å². The monoisotopic (exact) mass is 447 g/mol. The number of nitrogens with one attached hydrogen (secondary N) is 2. The lowest BCUT2D eigenvalue weighted by atomic mass is 10.1. The molecule has 1 fully saturated rings. The maximum atomic E-state index is 6.22. The first kappa shape index (κ1) is 22.9. The van der Waals surface area contributed by atoms with Gasteiger partial charge in [0.05, 0.1) is 24.6 Å². The van der Waals surface area contributed by atoms with Crippen LogP contribution in [0.25, 0.3) is 5.69 Å². The van der Waals surface area contributed by atoms with Gasteiger partial charge in [-0.15, -0.1) is 0 Å². The molecule has 1 saturated heterocycles. The van der Waals surface area contributed by atoms with Crippen LogP contribution in [-0.2, 0) is 17.8 Å². The van der Waals surface area contributed by atoms with Crippen LogP contribution in [0.4, 0.5) is 0 Å². The van der Waals surface area contributed by atoms with Crippen LogP contribution in [0.5, 0.6) is 5.75 Å². The van der Waals surface area contributed by atoms with Crippen molar-refractivity contribution in [3.8, 4) is 11.4 Å². The molecule has 1 aromatic heterocycles. The predicted molar refractivity (Wildman–Crippen MR) is 131 cm³/mol. The number of rotatable bonds is 7. The summed E-state index contributed by atoms with van der Waals surface area (Å²) in [5, 5.41) is 11.6. The van der Waals surface area contributed by atoms with Crippen molar-refractivity contribution in [2.75, 3.05) is 20.3 Å². The molecule has 174 valence electrons. The first-order chi connectivity index (χ1) is 16.0. The Balaban J connectivity index is 1.40. The third-order valence-corrected chi connectivity index (χ3v) is 5.95. The normalized spacial score (nSPS) is 16.1. The zero-order valence-electron chi connectivity index (χ0n) is 19.9. The molecule has 1 atom stereocenters. The van der Waals surface area contributed by atoms with Crippen LogP contribution < -0.4 is 15.4 Å². The summed E-state index contributed by atoms with van der Waals surface area (Å²) in [6.45, 7) is 8.89. The van der Waals surface area contributed by atoms with Crippen molar-refractivity contribution >= 4 is 5.96 Å². The van der Waals surface area contributed by atoms with E-state index in [1.165, 1.54) is 11.1 Å². The summed E-state index contributed by atoms with van der Waals surface area (Å²) in [5.41, 5.74) is 6.63. The summed E-state index contributed by atoms with van der Waals surface area (Å²) in [6, 6.07) is 16.5. The summed E-state index contributed by atoms with van der Waals surface area (Å²) in [4.78, 5) is 4.40. The predicted octanol–water partition coefficient (Wildman–Crippen LogP) is 3.83. The van der Waals surface area contributed by atoms with Crippen LogP contribution in [0, 0.1) is 20.8 Å². The van der Waals surface area contributed by atoms with E-state index in [1.54, 1.807) is 7.05 Å². The van der Waals surface area contributed by atoms with Crippen LogP contribution in [0.15, 0.2) is 53.5 Å². The number of aliphatic imine (C=N–C) groups is 1. The van der Waals surface area contributed by atoms with Crippen molar-refractivity contribution in [3.63, 3.8) is 0 Å². The molecule has 1 aliphatic rings. The molecule has 0 bridgehead atoms. The molecule has 0 amide bonds. The van der Waals surface area contributed by atoms with E-state index >= 15 is 0 Å². The van der Waals surface area contributed by atoms with Crippen molar-refractivity contribution < 1.29 is 9.47 Å². The minimum absolute atomic E-state index is 0.120. The molecule has 0 spiro atoms. The standard InChI is InChI=1S/C26H33N5O2/c1-18-10-11-21(25(14-18)33-23-12-13-32-17-23)15-28-26(27-4)29-16-24-19(2)30-31(20(24)3)22-8-6-5-7-9-22/h5-11,14,23H,12-13,15-17H2,1-4H3,(H2,27,28,29). The fraction of sp³-hybridized carbons (Fsp3) is 0.385. The van der Waals surface area contributed by atoms with Crippen LogP contribution >= 0.6 is 0 Å². The van der Waals surface area contributed by atoms with E-state index < -0.39 is 0 Å². The van der Waals surface area contributed by atoms with Crippen molar-refractivity contribution in [1.82, 2.24) is 20.4 Å². The average molecular weight is 448 g/mol. The summed E-state index contributed by atoms with van der Waals surface area (Å²) in [7, 11) is 1.78. The van der Waals surface area contributed by atoms with E-state index in [0.29, 0.717) is 19.7 Å². The molecule has 0 radical (unpaired) electrons. The molecule has 0 aliphatic carbocycles. The maximum absolute atomic E-state index is 6.22. The summed E-state index contributed by atoms with van der Waals surface area (Å²) in [5.74, 6) is 1.64. The van der Waals surface area contributed by atoms with Gasteiger partial charge in [-0.1, -0.05) is 30.3 Å². The van der Waals surface area contributed by atoms with E-state index in [9.17, 15) is 0 Å². The molecular weight excluding hydrogens is 414 g/mol. The second-order valence-electron chi connectivity index (χ2n) is 8.39. The number of aryl methyl sites for hydroxylation is 2. The molecule has 1 unspecified atom stereocenters. The highest BCUT2D eigenvalue weighted by Gasteiger charge is 2.19. The Labute approximate surface area is 195 Å². The van der Waals surface area contributed by atoms with E-state index in [1.807, 2.05) is 29.8 Å². The molecule has 3 aromatic rings. The molecule has 4 rings (SSSR count). The maximum Gasteiger partial charge on any atom is 0.191 e. The molecule has 33 heavy (non-hydrogen) atoms. The molecule has 2 heterocycles. The average Bonchev–Trinajstić information content (AvgIpc) is 3.43. The Morgan fingerprint density at radius 1 is 1.12 bits per heavy atom. The molecule has 0 saturated carbocycles. The number of hydrogen-bond acceptors (Lipinski definition) is 4. The molecular formula is C26H33N5O2. The number of hydrogen-bond donors (Lipinski definition) is 2. The Morgan fingerprint density at radius 2 is 1.91 bits per heavy atom. The van der Waals surface area contributed by atoms with Gasteiger partial charge in [0, 0.05) is 43.4 Å². The van der Waals surface area contributed by atoms with Crippen molar-refractivity contribution in [3.05, 3.63) is 76.6 Å². The third-order valence-electron chi connectivity index (χ3n) is 5.95. The highest BCUT2D eigenvalue weighted by atomic mass is 16.5. The molecule has 2 N–H and O–H groups in total. The van der Waals surface area contributed by atoms with Crippen molar-refractivity contribution in [2.45, 2.75) is 46.4 Å². The van der Waals surface area contributed by atoms with Gasteiger partial charge in [0.25, 0.3) is 0 Å². The van der Waals surface area contributed by atoms with Crippen LogP contribution in [0.2, 0.25) is 0 Å². The van der Waals surface area contributed by atoms with Crippen LogP contribution in [0.3, 0.4) is 0 Å². The molecule has 1 aliphatic heterocycles. The lowest BCUT2D eigenvalue weighted by Crippen LogP contribution is -2.36. The van der Waals surface area contributed by atoms with E-state index in [2.05, 4.69) is 59.8 Å². The molecule has 7 heteroatoms. The Kier molecular flexibility index (Phi) is 7.29. The second-order valence-corrected chi connectivity index (χ2v) is 8.39. The quantitative estimate of drug-likeness (QED) is 0.425. The van der Waals surface area contributed by atoms with Gasteiger partial charge >= 0.3 is 0 Å². The number of guanidine groups is 1. The Hall–Kier alpha value is -3.32. The molecule has 7 nitrogen and oxygen atoms in total. The SMILES string of the molecule is CN=C(NCc1ccc(C)cc1OC1CCOC1)NCc1c(C)nn(-c2ccccc2)c1C. The van der Waals surface area contributed by atoms with Gasteiger partial charge < -0.3 is 20.1 Å². The number of nitrogens with zero attached hydrogens (tertiary/aromatic N) is 3. The first-order valence-corrected chi connectivity index (χ1v) is 11.4. The highest BCUT2D eigenvalue weighted by Crippen LogP contribution is 2.24. The summed E-state index contributed by atoms with van der Waals surface area (Å²) < 4.78 is 13.7. The van der Waals surface area contributed by atoms with Crippen LogP contribution in [-0.4, -0.2) is 42.1 Å². The fourth-order valence-electron chi connectivity index (χ4n) is 4.03. The number of para-hydroxylation sites is 1. The summed E-state index contributed by atoms with van der Waals surface area (Å²) >= 11 is 0. The van der Waals surface area contributed by atoms with Gasteiger partial charge in [-0.3, -0.25) is 4.99 Å². The van der Waals surface area contributed by atoms with Gasteiger partial charge in [0.15, 0.2) is 5.96 Å². The van der Waals surface area contributed by atoms with Gasteiger partial charge in [0.2, 0.25) is 0 Å². The van der Waals surface area contributed by atoms with E-state index in [4.69, 9.17) is 14.6 Å². The van der Waals surface area contributed by atoms with Gasteiger partial charge in [-0.05, 0) is 44.5 Å². The van der Waals surface area contributed by atoms with Crippen molar-refractivity contribution in [2.24, 2.45) is 4.99 Å². The van der Waals surface area contributed by atoms with Gasteiger partial charge in [0.1, 0.15) is 11.9 Å². The van der Waals surface area contributed by atoms with Crippen LogP contribution in [0.1, 0.15) is 34.5 Å². The van der Waals surface area contributed by atoms with Crippen molar-refractivity contribution in [1.29, 1.82) is 0 Å². The van der Waals surface area contributed by atoms with Gasteiger partial charge in [-0.2, -0.15) is 5.10 Å². The smallest absolute Gasteiger partial charge is 0.191 e. The number of ether oxygens (including phenoxy) is 2. The molecule has 2 aromatic carbocycles. The topological polar surface area (TPSA) is 72.7 Å². The van der Waals surface area contributed by atoms with E-state index in [-0.39, 0.29) is 6.10 Å². The largest absolute Gasteiger partial charge is 0.488 e. The lowest BCUT2D eigenvalue weighted by molar-refractivity contribution is 0.140. The zero-order chi connectivity index (χ0) is 23.2. The first-order valence-electron chi connectivity index (χ1n) is 11.4. The minimum Gasteiger partial charge on any atom is -0.488 e. The number of aromatic nitrogens is 2. The second kappa shape index (κ2) is 10.5. The Morgan fingerprint density at radius 3 is 2.64 bits per heavy atom.